The number of carbonyl (C=O) groups excluding carboxylic acids is 1. The number of hydrogen-bond donors (Lipinski definition) is 1. The minimum absolute atomic E-state index is 0.226. The van der Waals surface area contributed by atoms with Crippen molar-refractivity contribution in [3.05, 3.63) is 54.2 Å². The molecule has 1 N–H and O–H groups in total. The van der Waals surface area contributed by atoms with Gasteiger partial charge < -0.3 is 15.0 Å². The predicted octanol–water partition coefficient (Wildman–Crippen LogP) is 3.86. The average molecular weight is 423 g/mol. The topological polar surface area (TPSA) is 67.3 Å². The normalized spacial score (nSPS) is 16.5. The fourth-order valence-corrected chi connectivity index (χ4v) is 3.82. The zero-order valence-electron chi connectivity index (χ0n) is 17.7. The SMILES string of the molecule is CCOc1ccc(-c2nc(C(=O)NCCCN3CC[C@@H](F)C3)c3ccccc3n2)cc1. The number of aromatic nitrogens is 2. The monoisotopic (exact) mass is 422 g/mol. The second-order valence-corrected chi connectivity index (χ2v) is 7.67. The first-order valence-corrected chi connectivity index (χ1v) is 10.8. The third-order valence-electron chi connectivity index (χ3n) is 5.39. The molecular weight excluding hydrogens is 395 g/mol. The summed E-state index contributed by atoms with van der Waals surface area (Å²) >= 11 is 0. The van der Waals surface area contributed by atoms with Crippen molar-refractivity contribution in [3.8, 4) is 17.1 Å². The maximum atomic E-state index is 13.3. The summed E-state index contributed by atoms with van der Waals surface area (Å²) in [7, 11) is 0. The van der Waals surface area contributed by atoms with E-state index < -0.39 is 6.17 Å². The van der Waals surface area contributed by atoms with Crippen molar-refractivity contribution >= 4 is 16.8 Å². The van der Waals surface area contributed by atoms with Gasteiger partial charge in [-0.3, -0.25) is 4.79 Å². The van der Waals surface area contributed by atoms with E-state index in [4.69, 9.17) is 4.74 Å². The van der Waals surface area contributed by atoms with E-state index in [1.807, 2.05) is 55.5 Å². The number of likely N-dealkylation sites (tertiary alicyclic amines) is 1. The van der Waals surface area contributed by atoms with Crippen LogP contribution in [0.1, 0.15) is 30.3 Å². The van der Waals surface area contributed by atoms with Crippen LogP contribution in [-0.2, 0) is 0 Å². The number of ether oxygens (including phenoxy) is 1. The first-order chi connectivity index (χ1) is 15.1. The lowest BCUT2D eigenvalue weighted by molar-refractivity contribution is 0.0948. The van der Waals surface area contributed by atoms with Gasteiger partial charge in [-0.2, -0.15) is 0 Å². The van der Waals surface area contributed by atoms with Crippen LogP contribution in [0.15, 0.2) is 48.5 Å². The zero-order valence-corrected chi connectivity index (χ0v) is 17.7. The highest BCUT2D eigenvalue weighted by atomic mass is 19.1. The van der Waals surface area contributed by atoms with E-state index in [0.29, 0.717) is 37.6 Å². The molecule has 1 fully saturated rings. The lowest BCUT2D eigenvalue weighted by Gasteiger charge is -2.14. The molecule has 2 heterocycles. The van der Waals surface area contributed by atoms with Gasteiger partial charge in [-0.25, -0.2) is 14.4 Å². The zero-order chi connectivity index (χ0) is 21.6. The fourth-order valence-electron chi connectivity index (χ4n) is 3.82. The molecule has 1 atom stereocenters. The average Bonchev–Trinajstić information content (AvgIpc) is 3.21. The van der Waals surface area contributed by atoms with Crippen LogP contribution in [0.2, 0.25) is 0 Å². The Morgan fingerprint density at radius 1 is 1.19 bits per heavy atom. The molecule has 6 nitrogen and oxygen atoms in total. The summed E-state index contributed by atoms with van der Waals surface area (Å²) in [6.45, 7) is 5.12. The number of benzene rings is 2. The number of alkyl halides is 1. The van der Waals surface area contributed by atoms with Gasteiger partial charge in [0, 0.05) is 30.6 Å². The van der Waals surface area contributed by atoms with Crippen molar-refractivity contribution in [2.45, 2.75) is 25.9 Å². The number of rotatable bonds is 8. The van der Waals surface area contributed by atoms with Crippen LogP contribution in [0, 0.1) is 0 Å². The first kappa shape index (κ1) is 21.2. The summed E-state index contributed by atoms with van der Waals surface area (Å²) in [5.41, 5.74) is 1.90. The van der Waals surface area contributed by atoms with Gasteiger partial charge >= 0.3 is 0 Å². The molecule has 162 valence electrons. The lowest BCUT2D eigenvalue weighted by atomic mass is 10.1. The molecule has 0 saturated carbocycles. The smallest absolute Gasteiger partial charge is 0.270 e. The Labute approximate surface area is 181 Å². The van der Waals surface area contributed by atoms with Crippen LogP contribution in [-0.4, -0.2) is 59.7 Å². The number of nitrogens with zero attached hydrogens (tertiary/aromatic N) is 3. The van der Waals surface area contributed by atoms with Crippen molar-refractivity contribution in [1.29, 1.82) is 0 Å². The molecule has 2 aromatic carbocycles. The van der Waals surface area contributed by atoms with Crippen LogP contribution < -0.4 is 10.1 Å². The third-order valence-corrected chi connectivity index (χ3v) is 5.39. The summed E-state index contributed by atoms with van der Waals surface area (Å²) in [5.74, 6) is 1.05. The Hall–Kier alpha value is -3.06. The summed E-state index contributed by atoms with van der Waals surface area (Å²) < 4.78 is 18.8. The molecule has 0 radical (unpaired) electrons. The number of halogens is 1. The molecule has 1 aliphatic heterocycles. The Morgan fingerprint density at radius 3 is 2.74 bits per heavy atom. The summed E-state index contributed by atoms with van der Waals surface area (Å²) in [6.07, 6.45) is 0.656. The highest BCUT2D eigenvalue weighted by molar-refractivity contribution is 6.04. The van der Waals surface area contributed by atoms with Crippen molar-refractivity contribution in [1.82, 2.24) is 20.2 Å². The maximum Gasteiger partial charge on any atom is 0.270 e. The minimum Gasteiger partial charge on any atom is -0.494 e. The van der Waals surface area contributed by atoms with Crippen LogP contribution in [0.4, 0.5) is 4.39 Å². The number of hydrogen-bond acceptors (Lipinski definition) is 5. The van der Waals surface area contributed by atoms with E-state index in [1.54, 1.807) is 0 Å². The molecule has 1 saturated heterocycles. The van der Waals surface area contributed by atoms with Gasteiger partial charge in [0.2, 0.25) is 0 Å². The standard InChI is InChI=1S/C24H27FN4O2/c1-2-31-19-10-8-17(9-11-19)23-27-21-7-4-3-6-20(21)22(28-23)24(30)26-13-5-14-29-15-12-18(25)16-29/h3-4,6-11,18H,2,5,12-16H2,1H3,(H,26,30)/t18-/m1/s1. The van der Waals surface area contributed by atoms with Gasteiger partial charge in [0.05, 0.1) is 12.1 Å². The van der Waals surface area contributed by atoms with Crippen LogP contribution in [0.3, 0.4) is 0 Å². The molecule has 1 aromatic heterocycles. The van der Waals surface area contributed by atoms with Crippen LogP contribution >= 0.6 is 0 Å². The quantitative estimate of drug-likeness (QED) is 0.559. The van der Waals surface area contributed by atoms with E-state index in [2.05, 4.69) is 20.2 Å². The largest absolute Gasteiger partial charge is 0.494 e. The number of carbonyl (C=O) groups is 1. The van der Waals surface area contributed by atoms with Crippen LogP contribution in [0.5, 0.6) is 5.75 Å². The van der Waals surface area contributed by atoms with Gasteiger partial charge in [0.25, 0.3) is 5.91 Å². The number of nitrogens with one attached hydrogen (secondary N) is 1. The molecule has 0 bridgehead atoms. The van der Waals surface area contributed by atoms with Gasteiger partial charge in [-0.15, -0.1) is 0 Å². The highest BCUT2D eigenvalue weighted by Gasteiger charge is 2.21. The van der Waals surface area contributed by atoms with Crippen LogP contribution in [0.25, 0.3) is 22.3 Å². The molecule has 31 heavy (non-hydrogen) atoms. The first-order valence-electron chi connectivity index (χ1n) is 10.8. The number of para-hydroxylation sites is 1. The van der Waals surface area contributed by atoms with Crippen molar-refractivity contribution in [2.24, 2.45) is 0 Å². The Morgan fingerprint density at radius 2 is 2.00 bits per heavy atom. The Kier molecular flexibility index (Phi) is 6.72. The second-order valence-electron chi connectivity index (χ2n) is 7.67. The molecule has 7 heteroatoms. The van der Waals surface area contributed by atoms with Crippen molar-refractivity contribution in [2.75, 3.05) is 32.8 Å². The van der Waals surface area contributed by atoms with E-state index in [9.17, 15) is 9.18 Å². The van der Waals surface area contributed by atoms with Gasteiger partial charge in [0.15, 0.2) is 5.82 Å². The van der Waals surface area contributed by atoms with E-state index in [1.165, 1.54) is 0 Å². The molecule has 1 amide bonds. The predicted molar refractivity (Wildman–Crippen MR) is 119 cm³/mol. The molecule has 0 spiro atoms. The third kappa shape index (κ3) is 5.17. The molecule has 4 rings (SSSR count). The molecule has 3 aromatic rings. The molecule has 0 unspecified atom stereocenters. The van der Waals surface area contributed by atoms with E-state index in [0.717, 1.165) is 41.7 Å². The number of fused-ring (bicyclic) bond motifs is 1. The summed E-state index contributed by atoms with van der Waals surface area (Å²) in [4.78, 5) is 24.3. The molecule has 0 aliphatic carbocycles. The summed E-state index contributed by atoms with van der Waals surface area (Å²) in [6, 6.07) is 15.0. The lowest BCUT2D eigenvalue weighted by Crippen LogP contribution is -2.30. The fraction of sp³-hybridized carbons (Fsp3) is 0.375. The highest BCUT2D eigenvalue weighted by Crippen LogP contribution is 2.24. The Bertz CT molecular complexity index is 1040. The second kappa shape index (κ2) is 9.83. The van der Waals surface area contributed by atoms with Gasteiger partial charge in [0.1, 0.15) is 17.6 Å². The van der Waals surface area contributed by atoms with Gasteiger partial charge in [-0.05, 0) is 56.6 Å². The molecule has 1 aliphatic rings. The summed E-state index contributed by atoms with van der Waals surface area (Å²) in [5, 5.41) is 3.68. The minimum atomic E-state index is -0.719. The van der Waals surface area contributed by atoms with Crippen molar-refractivity contribution < 1.29 is 13.9 Å². The Balaban J connectivity index is 1.50. The van der Waals surface area contributed by atoms with E-state index >= 15 is 0 Å². The maximum absolute atomic E-state index is 13.3. The number of amides is 1. The molecular formula is C24H27FN4O2. The van der Waals surface area contributed by atoms with E-state index in [-0.39, 0.29) is 5.91 Å². The van der Waals surface area contributed by atoms with Crippen molar-refractivity contribution in [3.63, 3.8) is 0 Å². The van der Waals surface area contributed by atoms with Gasteiger partial charge in [-0.1, -0.05) is 18.2 Å².